The molecule has 0 saturated carbocycles. The van der Waals surface area contributed by atoms with Crippen LogP contribution in [0.15, 0.2) is 63.2 Å². The SMILES string of the molecule is COc1ccccc1/C=N/NC(=O)c1nnn(-c2nonc2N)c1CSc1ccc(Cl)cc1. The van der Waals surface area contributed by atoms with E-state index in [1.807, 2.05) is 24.3 Å². The number of nitrogens with one attached hydrogen (secondary N) is 1. The molecule has 11 nitrogen and oxygen atoms in total. The Morgan fingerprint density at radius 3 is 2.79 bits per heavy atom. The molecule has 3 N–H and O–H groups in total. The van der Waals surface area contributed by atoms with E-state index in [4.69, 9.17) is 22.1 Å². The zero-order valence-electron chi connectivity index (χ0n) is 17.2. The lowest BCUT2D eigenvalue weighted by Crippen LogP contribution is -2.20. The number of methoxy groups -OCH3 is 1. The van der Waals surface area contributed by atoms with Crippen molar-refractivity contribution in [3.63, 3.8) is 0 Å². The van der Waals surface area contributed by atoms with Crippen molar-refractivity contribution in [2.45, 2.75) is 10.6 Å². The van der Waals surface area contributed by atoms with Gasteiger partial charge in [-0.05, 0) is 46.7 Å². The van der Waals surface area contributed by atoms with Gasteiger partial charge in [-0.15, -0.1) is 16.9 Å². The fourth-order valence-electron chi connectivity index (χ4n) is 2.78. The van der Waals surface area contributed by atoms with Crippen molar-refractivity contribution in [1.29, 1.82) is 0 Å². The summed E-state index contributed by atoms with van der Waals surface area (Å²) in [7, 11) is 1.55. The summed E-state index contributed by atoms with van der Waals surface area (Å²) in [6.45, 7) is 0. The normalized spacial score (nSPS) is 11.1. The number of nitrogens with zero attached hydrogens (tertiary/aromatic N) is 6. The Morgan fingerprint density at radius 1 is 1.27 bits per heavy atom. The molecule has 0 aliphatic heterocycles. The molecular formula is C20H17ClN8O3S. The van der Waals surface area contributed by atoms with Gasteiger partial charge in [-0.3, -0.25) is 4.79 Å². The lowest BCUT2D eigenvalue weighted by molar-refractivity contribution is 0.0949. The standard InChI is InChI=1S/C20H17ClN8O3S/c1-31-16-5-3-2-4-12(16)10-23-25-20(30)17-15(11-33-14-8-6-13(21)7-9-14)29(28-24-17)19-18(22)26-32-27-19/h2-10H,11H2,1H3,(H2,22,26)(H,25,30)/b23-10+. The number of thioether (sulfide) groups is 1. The van der Waals surface area contributed by atoms with Crippen LogP contribution >= 0.6 is 23.4 Å². The van der Waals surface area contributed by atoms with E-state index in [1.54, 1.807) is 31.4 Å². The largest absolute Gasteiger partial charge is 0.496 e. The number of benzene rings is 2. The number of rotatable bonds is 8. The first-order valence-corrected chi connectivity index (χ1v) is 10.8. The van der Waals surface area contributed by atoms with Gasteiger partial charge in [0, 0.05) is 21.2 Å². The minimum Gasteiger partial charge on any atom is -0.496 e. The van der Waals surface area contributed by atoms with E-state index in [2.05, 4.69) is 35.8 Å². The number of carbonyl (C=O) groups is 1. The molecule has 0 spiro atoms. The third-order valence-electron chi connectivity index (χ3n) is 4.37. The molecule has 2 aromatic carbocycles. The molecule has 0 aliphatic rings. The van der Waals surface area contributed by atoms with Crippen LogP contribution in [0.2, 0.25) is 5.02 Å². The first-order chi connectivity index (χ1) is 16.1. The predicted octanol–water partition coefficient (Wildman–Crippen LogP) is 2.95. The van der Waals surface area contributed by atoms with Crippen molar-refractivity contribution in [3.8, 4) is 11.6 Å². The van der Waals surface area contributed by atoms with Gasteiger partial charge in [-0.1, -0.05) is 28.9 Å². The Morgan fingerprint density at radius 2 is 2.06 bits per heavy atom. The molecule has 0 fully saturated rings. The van der Waals surface area contributed by atoms with Gasteiger partial charge in [-0.25, -0.2) is 10.1 Å². The minimum atomic E-state index is -0.561. The van der Waals surface area contributed by atoms with Crippen LogP contribution in [0, 0.1) is 0 Å². The van der Waals surface area contributed by atoms with Gasteiger partial charge in [-0.2, -0.15) is 9.78 Å². The smallest absolute Gasteiger partial charge is 0.293 e. The van der Waals surface area contributed by atoms with Gasteiger partial charge in [0.2, 0.25) is 11.6 Å². The molecule has 0 unspecified atom stereocenters. The van der Waals surface area contributed by atoms with Gasteiger partial charge < -0.3 is 10.5 Å². The van der Waals surface area contributed by atoms with Gasteiger partial charge in [0.25, 0.3) is 5.91 Å². The molecule has 4 aromatic rings. The van der Waals surface area contributed by atoms with E-state index in [-0.39, 0.29) is 17.3 Å². The molecule has 0 bridgehead atoms. The third-order valence-corrected chi connectivity index (χ3v) is 5.65. The summed E-state index contributed by atoms with van der Waals surface area (Å²) in [6, 6.07) is 14.5. The molecule has 0 atom stereocenters. The second-order valence-electron chi connectivity index (χ2n) is 6.45. The predicted molar refractivity (Wildman–Crippen MR) is 123 cm³/mol. The van der Waals surface area contributed by atoms with Gasteiger partial charge in [0.05, 0.1) is 19.0 Å². The number of nitrogens with two attached hydrogens (primary N) is 1. The molecule has 0 saturated heterocycles. The number of halogens is 1. The van der Waals surface area contributed by atoms with Gasteiger partial charge in [0.15, 0.2) is 5.69 Å². The maximum Gasteiger partial charge on any atom is 0.293 e. The maximum atomic E-state index is 12.8. The Hall–Kier alpha value is -3.90. The van der Waals surface area contributed by atoms with Crippen molar-refractivity contribution < 1.29 is 14.2 Å². The zero-order chi connectivity index (χ0) is 23.2. The van der Waals surface area contributed by atoms with Crippen LogP contribution in [-0.2, 0) is 5.75 Å². The van der Waals surface area contributed by atoms with E-state index in [0.29, 0.717) is 27.8 Å². The first kappa shape index (κ1) is 22.3. The van der Waals surface area contributed by atoms with Crippen LogP contribution < -0.4 is 15.9 Å². The number of amides is 1. The molecule has 33 heavy (non-hydrogen) atoms. The third kappa shape index (κ3) is 5.13. The molecule has 4 rings (SSSR count). The number of hydrogen-bond acceptors (Lipinski definition) is 10. The molecule has 0 aliphatic carbocycles. The average Bonchev–Trinajstić information content (AvgIpc) is 3.44. The summed E-state index contributed by atoms with van der Waals surface area (Å²) in [5.74, 6) is 0.522. The summed E-state index contributed by atoms with van der Waals surface area (Å²) in [5, 5.41) is 20.0. The monoisotopic (exact) mass is 484 g/mol. The Kier molecular flexibility index (Phi) is 6.86. The summed E-state index contributed by atoms with van der Waals surface area (Å²) in [4.78, 5) is 13.8. The first-order valence-electron chi connectivity index (χ1n) is 9.44. The highest BCUT2D eigenvalue weighted by Crippen LogP contribution is 2.27. The van der Waals surface area contributed by atoms with E-state index in [1.165, 1.54) is 22.7 Å². The number of anilines is 1. The second-order valence-corrected chi connectivity index (χ2v) is 7.94. The van der Waals surface area contributed by atoms with Crippen molar-refractivity contribution in [2.75, 3.05) is 12.8 Å². The van der Waals surface area contributed by atoms with Crippen molar-refractivity contribution >= 4 is 41.3 Å². The van der Waals surface area contributed by atoms with E-state index in [9.17, 15) is 4.79 Å². The maximum absolute atomic E-state index is 12.8. The van der Waals surface area contributed by atoms with Crippen LogP contribution in [0.1, 0.15) is 21.7 Å². The number of carbonyl (C=O) groups excluding carboxylic acids is 1. The van der Waals surface area contributed by atoms with Crippen LogP contribution in [0.5, 0.6) is 5.75 Å². The number of nitrogen functional groups attached to an aromatic ring is 1. The summed E-state index contributed by atoms with van der Waals surface area (Å²) in [6.07, 6.45) is 1.48. The summed E-state index contributed by atoms with van der Waals surface area (Å²) < 4.78 is 11.2. The zero-order valence-corrected chi connectivity index (χ0v) is 18.7. The highest BCUT2D eigenvalue weighted by molar-refractivity contribution is 7.98. The van der Waals surface area contributed by atoms with Gasteiger partial charge in [0.1, 0.15) is 5.75 Å². The second kappa shape index (κ2) is 10.1. The van der Waals surface area contributed by atoms with Gasteiger partial charge >= 0.3 is 0 Å². The number of para-hydroxylation sites is 1. The summed E-state index contributed by atoms with van der Waals surface area (Å²) >= 11 is 7.40. The number of hydrazone groups is 1. The van der Waals surface area contributed by atoms with Crippen LogP contribution in [-0.4, -0.2) is 44.5 Å². The highest BCUT2D eigenvalue weighted by atomic mass is 35.5. The average molecular weight is 485 g/mol. The lowest BCUT2D eigenvalue weighted by Gasteiger charge is -2.06. The Labute approximate surface area is 196 Å². The topological polar surface area (TPSA) is 146 Å². The molecule has 1 amide bonds. The van der Waals surface area contributed by atoms with Crippen molar-refractivity contribution in [2.24, 2.45) is 5.10 Å². The van der Waals surface area contributed by atoms with Crippen LogP contribution in [0.25, 0.3) is 5.82 Å². The van der Waals surface area contributed by atoms with Crippen LogP contribution in [0.4, 0.5) is 5.82 Å². The minimum absolute atomic E-state index is 0.0128. The Balaban J connectivity index is 1.58. The molecule has 2 aromatic heterocycles. The molecule has 0 radical (unpaired) electrons. The van der Waals surface area contributed by atoms with Crippen molar-refractivity contribution in [3.05, 3.63) is 70.5 Å². The van der Waals surface area contributed by atoms with E-state index < -0.39 is 5.91 Å². The number of aromatic nitrogens is 5. The van der Waals surface area contributed by atoms with E-state index >= 15 is 0 Å². The molecular weight excluding hydrogens is 468 g/mol. The fourth-order valence-corrected chi connectivity index (χ4v) is 3.80. The van der Waals surface area contributed by atoms with Crippen LogP contribution in [0.3, 0.4) is 0 Å². The Bertz CT molecular complexity index is 1290. The lowest BCUT2D eigenvalue weighted by atomic mass is 10.2. The fraction of sp³-hybridized carbons (Fsp3) is 0.100. The quantitative estimate of drug-likeness (QED) is 0.219. The number of hydrogen-bond donors (Lipinski definition) is 2. The van der Waals surface area contributed by atoms with E-state index in [0.717, 1.165) is 4.90 Å². The number of ether oxygens (including phenoxy) is 1. The highest BCUT2D eigenvalue weighted by Gasteiger charge is 2.24. The molecule has 13 heteroatoms. The molecule has 2 heterocycles. The van der Waals surface area contributed by atoms with Crippen molar-refractivity contribution in [1.82, 2.24) is 30.7 Å². The summed E-state index contributed by atoms with van der Waals surface area (Å²) in [5.41, 5.74) is 9.45. The molecule has 168 valence electrons.